The molecule has 0 bridgehead atoms. The maximum Gasteiger partial charge on any atom is 0.138 e. The molecule has 0 radical (unpaired) electrons. The Morgan fingerprint density at radius 1 is 1.21 bits per heavy atom. The molecule has 4 rings (SSSR count). The minimum Gasteiger partial charge on any atom is -0.487 e. The van der Waals surface area contributed by atoms with Crippen LogP contribution < -0.4 is 4.74 Å². The summed E-state index contributed by atoms with van der Waals surface area (Å²) < 4.78 is 6.02. The van der Waals surface area contributed by atoms with Crippen LogP contribution in [0.25, 0.3) is 0 Å². The van der Waals surface area contributed by atoms with E-state index in [0.29, 0.717) is 0 Å². The van der Waals surface area contributed by atoms with Gasteiger partial charge in [0.15, 0.2) is 0 Å². The molecule has 0 aromatic carbocycles. The van der Waals surface area contributed by atoms with Crippen LogP contribution >= 0.6 is 11.3 Å². The predicted molar refractivity (Wildman–Crippen MR) is 96.5 cm³/mol. The van der Waals surface area contributed by atoms with E-state index in [4.69, 9.17) is 9.72 Å². The van der Waals surface area contributed by atoms with Crippen LogP contribution in [0.1, 0.15) is 55.1 Å². The van der Waals surface area contributed by atoms with E-state index in [1.54, 1.807) is 12.4 Å². The van der Waals surface area contributed by atoms with E-state index < -0.39 is 0 Å². The lowest BCUT2D eigenvalue weighted by atomic mass is 9.90. The highest BCUT2D eigenvalue weighted by atomic mass is 32.1. The number of aromatic nitrogens is 2. The number of ether oxygens (including phenoxy) is 1. The monoisotopic (exact) mass is 343 g/mol. The van der Waals surface area contributed by atoms with E-state index in [9.17, 15) is 0 Å². The van der Waals surface area contributed by atoms with Gasteiger partial charge in [-0.15, -0.1) is 11.3 Å². The van der Waals surface area contributed by atoms with Crippen molar-refractivity contribution >= 4 is 11.3 Å². The van der Waals surface area contributed by atoms with Gasteiger partial charge >= 0.3 is 0 Å². The maximum atomic E-state index is 6.02. The highest BCUT2D eigenvalue weighted by Crippen LogP contribution is 2.34. The average Bonchev–Trinajstić information content (AvgIpc) is 3.27. The molecule has 2 aromatic heterocycles. The SMILES string of the molecule is c1cncc(OC2CCN(Cc3csc(C4CCCCC4)n3)C2)c1. The molecule has 2 aliphatic rings. The summed E-state index contributed by atoms with van der Waals surface area (Å²) in [5.74, 6) is 1.59. The first-order chi connectivity index (χ1) is 11.9. The molecule has 2 fully saturated rings. The zero-order valence-electron chi connectivity index (χ0n) is 14.1. The molecule has 24 heavy (non-hydrogen) atoms. The summed E-state index contributed by atoms with van der Waals surface area (Å²) in [7, 11) is 0. The van der Waals surface area contributed by atoms with E-state index in [2.05, 4.69) is 15.3 Å². The normalized spacial score (nSPS) is 22.8. The van der Waals surface area contributed by atoms with E-state index in [1.165, 1.54) is 42.8 Å². The third-order valence-corrected chi connectivity index (χ3v) is 6.13. The van der Waals surface area contributed by atoms with Gasteiger partial charge in [0.25, 0.3) is 0 Å². The summed E-state index contributed by atoms with van der Waals surface area (Å²) in [6, 6.07) is 3.90. The van der Waals surface area contributed by atoms with Crippen molar-refractivity contribution in [1.29, 1.82) is 0 Å². The van der Waals surface area contributed by atoms with Gasteiger partial charge in [-0.25, -0.2) is 4.98 Å². The first kappa shape index (κ1) is 16.0. The van der Waals surface area contributed by atoms with Gasteiger partial charge in [0.1, 0.15) is 11.9 Å². The lowest BCUT2D eigenvalue weighted by Gasteiger charge is -2.19. The van der Waals surface area contributed by atoms with Gasteiger partial charge in [-0.1, -0.05) is 19.3 Å². The van der Waals surface area contributed by atoms with Crippen molar-refractivity contribution < 1.29 is 4.74 Å². The second kappa shape index (κ2) is 7.62. The number of hydrogen-bond acceptors (Lipinski definition) is 5. The standard InChI is InChI=1S/C19H25N3OS/c1-2-5-15(6-3-1)19-21-16(14-24-19)12-22-10-8-18(13-22)23-17-7-4-9-20-11-17/h4,7,9,11,14-15,18H,1-3,5-6,8,10,12-13H2. The smallest absolute Gasteiger partial charge is 0.138 e. The Balaban J connectivity index is 1.29. The second-order valence-electron chi connectivity index (χ2n) is 6.96. The average molecular weight is 343 g/mol. The van der Waals surface area contributed by atoms with E-state index in [-0.39, 0.29) is 6.10 Å². The molecule has 1 saturated carbocycles. The van der Waals surface area contributed by atoms with Crippen molar-refractivity contribution in [3.05, 3.63) is 40.6 Å². The molecule has 1 aliphatic carbocycles. The third-order valence-electron chi connectivity index (χ3n) is 5.08. The van der Waals surface area contributed by atoms with Crippen LogP contribution in [0.2, 0.25) is 0 Å². The van der Waals surface area contributed by atoms with Crippen molar-refractivity contribution in [1.82, 2.24) is 14.9 Å². The van der Waals surface area contributed by atoms with Crippen LogP contribution in [0.5, 0.6) is 5.75 Å². The minimum atomic E-state index is 0.269. The van der Waals surface area contributed by atoms with Crippen LogP contribution in [0.15, 0.2) is 29.9 Å². The van der Waals surface area contributed by atoms with Crippen LogP contribution in [0.3, 0.4) is 0 Å². The molecule has 1 atom stereocenters. The lowest BCUT2D eigenvalue weighted by molar-refractivity contribution is 0.197. The molecule has 1 aliphatic heterocycles. The van der Waals surface area contributed by atoms with E-state index >= 15 is 0 Å². The quantitative estimate of drug-likeness (QED) is 0.814. The Labute approximate surface area is 147 Å². The Morgan fingerprint density at radius 2 is 2.12 bits per heavy atom. The Kier molecular flexibility index (Phi) is 5.09. The Bertz CT molecular complexity index is 639. The van der Waals surface area contributed by atoms with Crippen molar-refractivity contribution in [2.45, 2.75) is 57.1 Å². The molecule has 0 amide bonds. The fourth-order valence-corrected chi connectivity index (χ4v) is 4.79. The summed E-state index contributed by atoms with van der Waals surface area (Å²) in [4.78, 5) is 11.5. The van der Waals surface area contributed by atoms with Crippen LogP contribution in [0, 0.1) is 0 Å². The first-order valence-electron chi connectivity index (χ1n) is 9.10. The molecule has 128 valence electrons. The van der Waals surface area contributed by atoms with Crippen molar-refractivity contribution in [3.63, 3.8) is 0 Å². The molecule has 3 heterocycles. The van der Waals surface area contributed by atoms with Gasteiger partial charge in [-0.05, 0) is 31.4 Å². The number of likely N-dealkylation sites (tertiary alicyclic amines) is 1. The number of nitrogens with zero attached hydrogens (tertiary/aromatic N) is 3. The van der Waals surface area contributed by atoms with Gasteiger partial charge < -0.3 is 4.74 Å². The molecular formula is C19H25N3OS. The summed E-state index contributed by atoms with van der Waals surface area (Å²) in [6.45, 7) is 3.02. The number of pyridine rings is 1. The number of thiazole rings is 1. The molecule has 2 aromatic rings. The maximum absolute atomic E-state index is 6.02. The van der Waals surface area contributed by atoms with Crippen molar-refractivity contribution in [2.24, 2.45) is 0 Å². The molecule has 1 unspecified atom stereocenters. The largest absolute Gasteiger partial charge is 0.487 e. The fourth-order valence-electron chi connectivity index (χ4n) is 3.81. The van der Waals surface area contributed by atoms with Crippen LogP contribution in [0.4, 0.5) is 0 Å². The van der Waals surface area contributed by atoms with Gasteiger partial charge in [0.05, 0.1) is 16.9 Å². The highest BCUT2D eigenvalue weighted by Gasteiger charge is 2.25. The lowest BCUT2D eigenvalue weighted by Crippen LogP contribution is -2.24. The van der Waals surface area contributed by atoms with E-state index in [0.717, 1.165) is 37.7 Å². The van der Waals surface area contributed by atoms with Crippen molar-refractivity contribution in [2.75, 3.05) is 13.1 Å². The molecular weight excluding hydrogens is 318 g/mol. The summed E-state index contributed by atoms with van der Waals surface area (Å²) in [5.41, 5.74) is 1.24. The molecule has 0 spiro atoms. The van der Waals surface area contributed by atoms with Gasteiger partial charge in [0.2, 0.25) is 0 Å². The first-order valence-corrected chi connectivity index (χ1v) is 9.98. The van der Waals surface area contributed by atoms with Crippen LogP contribution in [-0.4, -0.2) is 34.1 Å². The van der Waals surface area contributed by atoms with Gasteiger partial charge in [0, 0.05) is 37.1 Å². The summed E-state index contributed by atoms with van der Waals surface area (Å²) in [5, 5.41) is 3.63. The minimum absolute atomic E-state index is 0.269. The predicted octanol–water partition coefficient (Wildman–Crippen LogP) is 4.24. The Morgan fingerprint density at radius 3 is 2.96 bits per heavy atom. The van der Waals surface area contributed by atoms with Gasteiger partial charge in [-0.2, -0.15) is 0 Å². The number of rotatable bonds is 5. The number of hydrogen-bond donors (Lipinski definition) is 0. The topological polar surface area (TPSA) is 38.2 Å². The van der Waals surface area contributed by atoms with Crippen molar-refractivity contribution in [3.8, 4) is 5.75 Å². The molecule has 4 nitrogen and oxygen atoms in total. The zero-order valence-corrected chi connectivity index (χ0v) is 14.9. The van der Waals surface area contributed by atoms with Crippen LogP contribution in [-0.2, 0) is 6.54 Å². The summed E-state index contributed by atoms with van der Waals surface area (Å²) >= 11 is 1.87. The third kappa shape index (κ3) is 3.95. The molecule has 5 heteroatoms. The van der Waals surface area contributed by atoms with E-state index in [1.807, 2.05) is 23.5 Å². The Hall–Kier alpha value is -1.46. The second-order valence-corrected chi connectivity index (χ2v) is 7.85. The zero-order chi connectivity index (χ0) is 16.2. The fraction of sp³-hybridized carbons (Fsp3) is 0.579. The molecule has 1 saturated heterocycles. The summed E-state index contributed by atoms with van der Waals surface area (Å²) in [6.07, 6.45) is 11.7. The highest BCUT2D eigenvalue weighted by molar-refractivity contribution is 7.09. The molecule has 0 N–H and O–H groups in total. The van der Waals surface area contributed by atoms with Gasteiger partial charge in [-0.3, -0.25) is 9.88 Å².